The third-order valence-electron chi connectivity index (χ3n) is 2.28. The maximum absolute atomic E-state index is 8.94. The van der Waals surface area contributed by atoms with Gasteiger partial charge >= 0.3 is 0 Å². The average Bonchev–Trinajstić information content (AvgIpc) is 2.77. The van der Waals surface area contributed by atoms with Gasteiger partial charge in [-0.25, -0.2) is 0 Å². The number of benzene rings is 1. The van der Waals surface area contributed by atoms with Crippen LogP contribution in [-0.2, 0) is 6.54 Å². The molecule has 0 atom stereocenters. The summed E-state index contributed by atoms with van der Waals surface area (Å²) < 4.78 is 1.83. The van der Waals surface area contributed by atoms with E-state index in [1.54, 1.807) is 12.3 Å². The van der Waals surface area contributed by atoms with Gasteiger partial charge in [0, 0.05) is 12.7 Å². The summed E-state index contributed by atoms with van der Waals surface area (Å²) >= 11 is 0. The van der Waals surface area contributed by atoms with Gasteiger partial charge < -0.3 is 5.32 Å². The van der Waals surface area contributed by atoms with Crippen molar-refractivity contribution < 1.29 is 0 Å². The molecule has 0 amide bonds. The number of nitrogens with one attached hydrogen (secondary N) is 1. The topological polar surface area (TPSA) is 53.6 Å². The summed E-state index contributed by atoms with van der Waals surface area (Å²) in [5, 5.41) is 16.3. The SMILES string of the molecule is CCn1cc(Nc2ccccc2C#N)cn1. The van der Waals surface area contributed by atoms with Crippen molar-refractivity contribution in [2.75, 3.05) is 5.32 Å². The molecule has 4 nitrogen and oxygen atoms in total. The zero-order valence-electron chi connectivity index (χ0n) is 9.01. The summed E-state index contributed by atoms with van der Waals surface area (Å²) in [7, 11) is 0. The van der Waals surface area contributed by atoms with E-state index in [1.807, 2.05) is 36.0 Å². The Morgan fingerprint density at radius 2 is 2.25 bits per heavy atom. The summed E-state index contributed by atoms with van der Waals surface area (Å²) in [6.45, 7) is 2.86. The van der Waals surface area contributed by atoms with E-state index in [2.05, 4.69) is 16.5 Å². The van der Waals surface area contributed by atoms with Gasteiger partial charge in [-0.2, -0.15) is 10.4 Å². The lowest BCUT2D eigenvalue weighted by molar-refractivity contribution is 0.660. The van der Waals surface area contributed by atoms with E-state index < -0.39 is 0 Å². The maximum atomic E-state index is 8.94. The van der Waals surface area contributed by atoms with Crippen LogP contribution in [0.5, 0.6) is 0 Å². The Bertz CT molecular complexity index is 522. The highest BCUT2D eigenvalue weighted by Gasteiger charge is 2.02. The summed E-state index contributed by atoms with van der Waals surface area (Å²) in [5.74, 6) is 0. The number of nitriles is 1. The van der Waals surface area contributed by atoms with Crippen molar-refractivity contribution in [3.05, 3.63) is 42.2 Å². The van der Waals surface area contributed by atoms with Gasteiger partial charge in [0.15, 0.2) is 0 Å². The van der Waals surface area contributed by atoms with E-state index >= 15 is 0 Å². The molecule has 16 heavy (non-hydrogen) atoms. The second kappa shape index (κ2) is 4.49. The third-order valence-corrected chi connectivity index (χ3v) is 2.28. The van der Waals surface area contributed by atoms with Gasteiger partial charge in [-0.1, -0.05) is 12.1 Å². The molecule has 1 aromatic heterocycles. The Balaban J connectivity index is 2.24. The van der Waals surface area contributed by atoms with Crippen molar-refractivity contribution in [3.63, 3.8) is 0 Å². The molecular weight excluding hydrogens is 200 g/mol. The first-order chi connectivity index (χ1) is 7.83. The molecule has 0 aliphatic rings. The summed E-state index contributed by atoms with van der Waals surface area (Å²) in [5.41, 5.74) is 2.33. The molecule has 4 heteroatoms. The Hall–Kier alpha value is -2.28. The molecule has 0 radical (unpaired) electrons. The predicted octanol–water partition coefficient (Wildman–Crippen LogP) is 2.52. The zero-order chi connectivity index (χ0) is 11.4. The zero-order valence-corrected chi connectivity index (χ0v) is 9.01. The minimum atomic E-state index is 0.631. The van der Waals surface area contributed by atoms with Gasteiger partial charge in [-0.3, -0.25) is 4.68 Å². The minimum absolute atomic E-state index is 0.631. The van der Waals surface area contributed by atoms with Crippen LogP contribution >= 0.6 is 0 Å². The first-order valence-electron chi connectivity index (χ1n) is 5.12. The number of hydrogen-bond acceptors (Lipinski definition) is 3. The number of nitrogens with zero attached hydrogens (tertiary/aromatic N) is 3. The lowest BCUT2D eigenvalue weighted by Gasteiger charge is -2.04. The molecule has 0 saturated heterocycles. The highest BCUT2D eigenvalue weighted by Crippen LogP contribution is 2.19. The Labute approximate surface area is 94.1 Å². The molecule has 1 aromatic carbocycles. The van der Waals surface area contributed by atoms with Crippen LogP contribution in [0.25, 0.3) is 0 Å². The van der Waals surface area contributed by atoms with Gasteiger partial charge in [0.2, 0.25) is 0 Å². The van der Waals surface area contributed by atoms with Gasteiger partial charge in [-0.05, 0) is 19.1 Å². The molecule has 0 bridgehead atoms. The molecule has 0 fully saturated rings. The van der Waals surface area contributed by atoms with Crippen molar-refractivity contribution in [3.8, 4) is 6.07 Å². The molecule has 2 aromatic rings. The van der Waals surface area contributed by atoms with Crippen LogP contribution in [0.4, 0.5) is 11.4 Å². The highest BCUT2D eigenvalue weighted by atomic mass is 15.3. The molecular formula is C12H12N4. The Kier molecular flexibility index (Phi) is 2.88. The standard InChI is InChI=1S/C12H12N4/c1-2-16-9-11(8-14-16)15-12-6-4-3-5-10(12)7-13/h3-6,8-9,15H,2H2,1H3. The average molecular weight is 212 g/mol. The van der Waals surface area contributed by atoms with Crippen LogP contribution in [0.15, 0.2) is 36.7 Å². The van der Waals surface area contributed by atoms with Gasteiger partial charge in [-0.15, -0.1) is 0 Å². The van der Waals surface area contributed by atoms with Crippen molar-refractivity contribution in [2.24, 2.45) is 0 Å². The molecule has 0 aliphatic heterocycles. The van der Waals surface area contributed by atoms with Crippen LogP contribution in [-0.4, -0.2) is 9.78 Å². The summed E-state index contributed by atoms with van der Waals surface area (Å²) in [4.78, 5) is 0. The number of hydrogen-bond donors (Lipinski definition) is 1. The minimum Gasteiger partial charge on any atom is -0.352 e. The fraction of sp³-hybridized carbons (Fsp3) is 0.167. The van der Waals surface area contributed by atoms with Gasteiger partial charge in [0.1, 0.15) is 6.07 Å². The molecule has 0 aliphatic carbocycles. The number of anilines is 2. The molecule has 2 rings (SSSR count). The lowest BCUT2D eigenvalue weighted by atomic mass is 10.2. The van der Waals surface area contributed by atoms with Gasteiger partial charge in [0.05, 0.1) is 23.1 Å². The lowest BCUT2D eigenvalue weighted by Crippen LogP contribution is -1.93. The normalized spacial score (nSPS) is 9.75. The fourth-order valence-corrected chi connectivity index (χ4v) is 1.45. The number of para-hydroxylation sites is 1. The molecule has 1 N–H and O–H groups in total. The van der Waals surface area contributed by atoms with E-state index in [1.165, 1.54) is 0 Å². The van der Waals surface area contributed by atoms with Crippen LogP contribution < -0.4 is 5.32 Å². The Morgan fingerprint density at radius 1 is 1.44 bits per heavy atom. The summed E-state index contributed by atoms with van der Waals surface area (Å²) in [6, 6.07) is 9.55. The smallest absolute Gasteiger partial charge is 0.101 e. The van der Waals surface area contributed by atoms with Crippen molar-refractivity contribution in [1.29, 1.82) is 5.26 Å². The van der Waals surface area contributed by atoms with Crippen molar-refractivity contribution in [1.82, 2.24) is 9.78 Å². The quantitative estimate of drug-likeness (QED) is 0.850. The highest BCUT2D eigenvalue weighted by molar-refractivity contribution is 5.65. The van der Waals surface area contributed by atoms with E-state index in [0.717, 1.165) is 17.9 Å². The molecule has 0 spiro atoms. The van der Waals surface area contributed by atoms with Crippen LogP contribution in [0, 0.1) is 11.3 Å². The number of rotatable bonds is 3. The van der Waals surface area contributed by atoms with Crippen molar-refractivity contribution in [2.45, 2.75) is 13.5 Å². The maximum Gasteiger partial charge on any atom is 0.101 e. The first kappa shape index (κ1) is 10.2. The largest absolute Gasteiger partial charge is 0.352 e. The van der Waals surface area contributed by atoms with Gasteiger partial charge in [0.25, 0.3) is 0 Å². The molecule has 80 valence electrons. The monoisotopic (exact) mass is 212 g/mol. The predicted molar refractivity (Wildman–Crippen MR) is 62.3 cm³/mol. The Morgan fingerprint density at radius 3 is 2.94 bits per heavy atom. The van der Waals surface area contributed by atoms with E-state index in [-0.39, 0.29) is 0 Å². The molecule has 1 heterocycles. The number of aromatic nitrogens is 2. The first-order valence-corrected chi connectivity index (χ1v) is 5.12. The second-order valence-electron chi connectivity index (χ2n) is 3.37. The second-order valence-corrected chi connectivity index (χ2v) is 3.37. The summed E-state index contributed by atoms with van der Waals surface area (Å²) in [6.07, 6.45) is 3.66. The molecule has 0 unspecified atom stereocenters. The van der Waals surface area contributed by atoms with E-state index in [0.29, 0.717) is 5.56 Å². The van der Waals surface area contributed by atoms with Crippen LogP contribution in [0.2, 0.25) is 0 Å². The molecule has 0 saturated carbocycles. The van der Waals surface area contributed by atoms with E-state index in [4.69, 9.17) is 5.26 Å². The number of aryl methyl sites for hydroxylation is 1. The van der Waals surface area contributed by atoms with Crippen molar-refractivity contribution >= 4 is 11.4 Å². The third kappa shape index (κ3) is 2.04. The van der Waals surface area contributed by atoms with Crippen LogP contribution in [0.3, 0.4) is 0 Å². The fourth-order valence-electron chi connectivity index (χ4n) is 1.45. The van der Waals surface area contributed by atoms with Crippen LogP contribution in [0.1, 0.15) is 12.5 Å². The van der Waals surface area contributed by atoms with E-state index in [9.17, 15) is 0 Å².